The highest BCUT2D eigenvalue weighted by Crippen LogP contribution is 2.11. The Morgan fingerprint density at radius 2 is 2.23 bits per heavy atom. The molecule has 0 aromatic heterocycles. The molecule has 76 valence electrons. The van der Waals surface area contributed by atoms with Crippen LogP contribution in [0.25, 0.3) is 0 Å². The molecule has 1 saturated heterocycles. The Hall–Kier alpha value is -0.660. The van der Waals surface area contributed by atoms with Crippen LogP contribution in [-0.2, 0) is 19.6 Å². The average Bonchev–Trinajstić information content (AvgIpc) is 2.50. The maximum atomic E-state index is 11.1. The number of hydrazine groups is 1. The first-order valence-corrected chi connectivity index (χ1v) is 5.76. The van der Waals surface area contributed by atoms with E-state index in [-0.39, 0.29) is 0 Å². The molecule has 1 rings (SSSR count). The molecule has 0 aromatic carbocycles. The first kappa shape index (κ1) is 10.4. The van der Waals surface area contributed by atoms with Gasteiger partial charge in [0, 0.05) is 6.61 Å². The Morgan fingerprint density at radius 3 is 2.69 bits per heavy atom. The summed E-state index contributed by atoms with van der Waals surface area (Å²) in [6.45, 7) is 0.553. The summed E-state index contributed by atoms with van der Waals surface area (Å²) in [5, 5.41) is 0. The molecule has 0 aliphatic carbocycles. The molecule has 0 spiro atoms. The normalized spacial score (nSPS) is 23.0. The Morgan fingerprint density at radius 1 is 1.54 bits per heavy atom. The minimum absolute atomic E-state index is 0.442. The minimum atomic E-state index is -3.39. The molecule has 0 unspecified atom stereocenters. The molecular formula is C6H12N2O4S. The lowest BCUT2D eigenvalue weighted by Crippen LogP contribution is -2.45. The van der Waals surface area contributed by atoms with Gasteiger partial charge in [0.1, 0.15) is 6.10 Å². The monoisotopic (exact) mass is 208 g/mol. The maximum absolute atomic E-state index is 11.1. The molecule has 1 aliphatic rings. The number of nitrogens with one attached hydrogen (secondary N) is 2. The van der Waals surface area contributed by atoms with Crippen molar-refractivity contribution in [3.63, 3.8) is 0 Å². The van der Waals surface area contributed by atoms with Crippen LogP contribution in [0.15, 0.2) is 0 Å². The summed E-state index contributed by atoms with van der Waals surface area (Å²) in [5.74, 6) is -0.442. The van der Waals surface area contributed by atoms with Crippen LogP contribution < -0.4 is 10.3 Å². The van der Waals surface area contributed by atoms with Gasteiger partial charge in [0.05, 0.1) is 6.26 Å². The fraction of sp³-hybridized carbons (Fsp3) is 0.833. The number of ether oxygens (including phenoxy) is 1. The number of amides is 1. The van der Waals surface area contributed by atoms with Crippen LogP contribution in [-0.4, -0.2) is 33.3 Å². The van der Waals surface area contributed by atoms with Gasteiger partial charge in [0.25, 0.3) is 5.91 Å². The molecule has 6 nitrogen and oxygen atoms in total. The van der Waals surface area contributed by atoms with Gasteiger partial charge in [-0.1, -0.05) is 0 Å². The van der Waals surface area contributed by atoms with E-state index in [1.807, 2.05) is 4.83 Å². The van der Waals surface area contributed by atoms with E-state index in [0.29, 0.717) is 13.0 Å². The molecule has 1 fully saturated rings. The van der Waals surface area contributed by atoms with E-state index in [0.717, 1.165) is 12.7 Å². The van der Waals surface area contributed by atoms with E-state index in [9.17, 15) is 13.2 Å². The zero-order chi connectivity index (χ0) is 9.90. The zero-order valence-corrected chi connectivity index (χ0v) is 8.06. The van der Waals surface area contributed by atoms with Gasteiger partial charge in [0.2, 0.25) is 10.0 Å². The third-order valence-electron chi connectivity index (χ3n) is 1.58. The second-order valence-electron chi connectivity index (χ2n) is 2.87. The molecule has 1 atom stereocenters. The molecule has 13 heavy (non-hydrogen) atoms. The van der Waals surface area contributed by atoms with E-state index in [4.69, 9.17) is 4.74 Å². The maximum Gasteiger partial charge on any atom is 0.264 e. The second-order valence-corrected chi connectivity index (χ2v) is 4.61. The van der Waals surface area contributed by atoms with Gasteiger partial charge in [-0.3, -0.25) is 10.2 Å². The quantitative estimate of drug-likeness (QED) is 0.567. The van der Waals surface area contributed by atoms with Gasteiger partial charge in [-0.2, -0.15) is 0 Å². The van der Waals surface area contributed by atoms with Crippen LogP contribution in [0.5, 0.6) is 0 Å². The molecule has 1 amide bonds. The Kier molecular flexibility index (Phi) is 3.23. The molecule has 0 bridgehead atoms. The lowest BCUT2D eigenvalue weighted by molar-refractivity contribution is -0.130. The van der Waals surface area contributed by atoms with E-state index in [1.54, 1.807) is 0 Å². The summed E-state index contributed by atoms with van der Waals surface area (Å²) in [6, 6.07) is 0. The Bertz CT molecular complexity index is 281. The second kappa shape index (κ2) is 4.03. The van der Waals surface area contributed by atoms with Crippen LogP contribution in [0.4, 0.5) is 0 Å². The van der Waals surface area contributed by atoms with Crippen molar-refractivity contribution in [3.8, 4) is 0 Å². The first-order valence-electron chi connectivity index (χ1n) is 3.87. The van der Waals surface area contributed by atoms with Crippen molar-refractivity contribution < 1.29 is 17.9 Å². The van der Waals surface area contributed by atoms with Crippen molar-refractivity contribution in [2.24, 2.45) is 0 Å². The smallest absolute Gasteiger partial charge is 0.264 e. The average molecular weight is 208 g/mol. The predicted octanol–water partition coefficient (Wildman–Crippen LogP) is -1.25. The van der Waals surface area contributed by atoms with Crippen LogP contribution in [0.1, 0.15) is 12.8 Å². The van der Waals surface area contributed by atoms with Crippen molar-refractivity contribution in [1.82, 2.24) is 10.3 Å². The van der Waals surface area contributed by atoms with E-state index in [1.165, 1.54) is 0 Å². The van der Waals surface area contributed by atoms with Crippen LogP contribution in [0, 0.1) is 0 Å². The van der Waals surface area contributed by atoms with Crippen LogP contribution in [0.2, 0.25) is 0 Å². The molecule has 7 heteroatoms. The highest BCUT2D eigenvalue weighted by atomic mass is 32.2. The summed E-state index contributed by atoms with van der Waals surface area (Å²) < 4.78 is 26.2. The van der Waals surface area contributed by atoms with Gasteiger partial charge in [0.15, 0.2) is 0 Å². The molecule has 0 radical (unpaired) electrons. The summed E-state index contributed by atoms with van der Waals surface area (Å²) in [7, 11) is -3.39. The number of hydrogen-bond donors (Lipinski definition) is 2. The number of sulfonamides is 1. The van der Waals surface area contributed by atoms with Gasteiger partial charge in [-0.05, 0) is 12.8 Å². The Balaban J connectivity index is 2.33. The molecule has 0 saturated carbocycles. The molecule has 1 aliphatic heterocycles. The summed E-state index contributed by atoms with van der Waals surface area (Å²) in [5.41, 5.74) is 2.06. The number of carbonyl (C=O) groups excluding carboxylic acids is 1. The van der Waals surface area contributed by atoms with E-state index in [2.05, 4.69) is 5.43 Å². The highest BCUT2D eigenvalue weighted by Gasteiger charge is 2.23. The SMILES string of the molecule is CS(=O)(=O)NNC(=O)[C@@H]1CCCO1. The van der Waals surface area contributed by atoms with Crippen molar-refractivity contribution in [2.45, 2.75) is 18.9 Å². The van der Waals surface area contributed by atoms with Crippen LogP contribution >= 0.6 is 0 Å². The fourth-order valence-electron chi connectivity index (χ4n) is 1.01. The lowest BCUT2D eigenvalue weighted by Gasteiger charge is -2.09. The third-order valence-corrected chi connectivity index (χ3v) is 2.05. The van der Waals surface area contributed by atoms with E-state index >= 15 is 0 Å². The molecular weight excluding hydrogens is 196 g/mol. The van der Waals surface area contributed by atoms with E-state index < -0.39 is 22.0 Å². The van der Waals surface area contributed by atoms with Crippen molar-refractivity contribution in [1.29, 1.82) is 0 Å². The largest absolute Gasteiger partial charge is 0.368 e. The molecule has 1 heterocycles. The Labute approximate surface area is 76.7 Å². The van der Waals surface area contributed by atoms with Crippen molar-refractivity contribution >= 4 is 15.9 Å². The predicted molar refractivity (Wildman–Crippen MR) is 45.1 cm³/mol. The molecule has 0 aromatic rings. The summed E-state index contributed by atoms with van der Waals surface area (Å²) in [4.78, 5) is 13.0. The minimum Gasteiger partial charge on any atom is -0.368 e. The summed E-state index contributed by atoms with van der Waals surface area (Å²) >= 11 is 0. The van der Waals surface area contributed by atoms with Gasteiger partial charge in [-0.25, -0.2) is 8.42 Å². The topological polar surface area (TPSA) is 84.5 Å². The summed E-state index contributed by atoms with van der Waals surface area (Å²) in [6.07, 6.45) is 1.91. The fourth-order valence-corrected chi connectivity index (χ4v) is 1.29. The van der Waals surface area contributed by atoms with Gasteiger partial charge < -0.3 is 4.74 Å². The van der Waals surface area contributed by atoms with Gasteiger partial charge >= 0.3 is 0 Å². The number of rotatable bonds is 3. The number of carbonyl (C=O) groups is 1. The standard InChI is InChI=1S/C6H12N2O4S/c1-13(10,11)8-7-6(9)5-3-2-4-12-5/h5,8H,2-4H2,1H3,(H,7,9)/t5-/m0/s1. The molecule has 2 N–H and O–H groups in total. The lowest BCUT2D eigenvalue weighted by atomic mass is 10.2. The van der Waals surface area contributed by atoms with Crippen molar-refractivity contribution in [3.05, 3.63) is 0 Å². The third kappa shape index (κ3) is 3.71. The van der Waals surface area contributed by atoms with Gasteiger partial charge in [-0.15, -0.1) is 4.83 Å². The van der Waals surface area contributed by atoms with Crippen molar-refractivity contribution in [2.75, 3.05) is 12.9 Å². The highest BCUT2D eigenvalue weighted by molar-refractivity contribution is 7.88. The van der Waals surface area contributed by atoms with Crippen LogP contribution in [0.3, 0.4) is 0 Å². The zero-order valence-electron chi connectivity index (χ0n) is 7.24. The number of hydrogen-bond acceptors (Lipinski definition) is 4. The first-order chi connectivity index (χ1) is 5.99.